The number of halogens is 2. The number of nitrogens with one attached hydrogen (secondary N) is 1. The van der Waals surface area contributed by atoms with Gasteiger partial charge in [0.1, 0.15) is 12.0 Å². The van der Waals surface area contributed by atoms with Gasteiger partial charge in [-0.3, -0.25) is 23.5 Å². The molecule has 11 heteroatoms. The molecule has 1 aromatic rings. The Kier molecular flexibility index (Phi) is 7.20. The van der Waals surface area contributed by atoms with E-state index >= 15 is 0 Å². The van der Waals surface area contributed by atoms with Crippen LogP contribution in [-0.2, 0) is 30.0 Å². The lowest BCUT2D eigenvalue weighted by Gasteiger charge is -2.25. The first-order valence-electron chi connectivity index (χ1n) is 8.50. The van der Waals surface area contributed by atoms with E-state index in [9.17, 15) is 14.0 Å². The van der Waals surface area contributed by atoms with E-state index in [2.05, 4.69) is 5.32 Å². The summed E-state index contributed by atoms with van der Waals surface area (Å²) in [6.07, 6.45) is 1.32. The summed E-state index contributed by atoms with van der Waals surface area (Å²) in [7, 11) is -0.277. The van der Waals surface area contributed by atoms with Crippen LogP contribution >= 0.6 is 20.2 Å². The first-order chi connectivity index (χ1) is 13.5. The number of carbonyl (C=O) groups is 2. The molecule has 3 atom stereocenters. The van der Waals surface area contributed by atoms with Crippen molar-refractivity contribution in [2.24, 2.45) is 0 Å². The molecule has 152 valence electrons. The monoisotopic (exact) mass is 432 g/mol. The molecule has 0 aromatic heterocycles. The van der Waals surface area contributed by atoms with Gasteiger partial charge in [0.15, 0.2) is 0 Å². The summed E-state index contributed by atoms with van der Waals surface area (Å²) in [5.74, 6) is -1.33. The van der Waals surface area contributed by atoms with E-state index in [1.807, 2.05) is 0 Å². The summed E-state index contributed by atoms with van der Waals surface area (Å²) >= 11 is 5.94. The van der Waals surface area contributed by atoms with Gasteiger partial charge < -0.3 is 14.6 Å². The van der Waals surface area contributed by atoms with E-state index in [4.69, 9.17) is 29.9 Å². The van der Waals surface area contributed by atoms with E-state index in [0.717, 1.165) is 16.7 Å². The Balaban J connectivity index is 1.49. The molecule has 1 N–H and O–H groups in total. The molecule has 0 bridgehead atoms. The molecule has 8 nitrogen and oxygen atoms in total. The van der Waals surface area contributed by atoms with Crippen molar-refractivity contribution in [1.29, 1.82) is 0 Å². The van der Waals surface area contributed by atoms with Gasteiger partial charge in [-0.05, 0) is 31.0 Å². The normalized spacial score (nSPS) is 24.2. The van der Waals surface area contributed by atoms with Crippen LogP contribution in [-0.4, -0.2) is 43.2 Å². The van der Waals surface area contributed by atoms with Crippen molar-refractivity contribution in [2.45, 2.75) is 31.8 Å². The van der Waals surface area contributed by atoms with Gasteiger partial charge >= 0.3 is 8.60 Å². The largest absolute Gasteiger partial charge is 0.426 e. The summed E-state index contributed by atoms with van der Waals surface area (Å²) in [4.78, 5) is 23.4. The van der Waals surface area contributed by atoms with E-state index in [1.54, 1.807) is 18.2 Å². The molecular formula is C17H19ClFN2O6P. The highest BCUT2D eigenvalue weighted by Gasteiger charge is 2.32. The number of benzene rings is 1. The number of nitrogens with zero attached hydrogens (tertiary/aromatic N) is 1. The minimum atomic E-state index is -1.57. The zero-order valence-corrected chi connectivity index (χ0v) is 16.6. The fourth-order valence-electron chi connectivity index (χ4n) is 2.71. The number of fused-ring (bicyclic) bond motifs is 1. The Morgan fingerprint density at radius 2 is 2.32 bits per heavy atom. The van der Waals surface area contributed by atoms with Crippen LogP contribution in [0.1, 0.15) is 18.4 Å². The Bertz CT molecular complexity index is 767. The first kappa shape index (κ1) is 21.0. The standard InChI is InChI=1S/C17H19ClFN2O6P/c1-20-17(23)14(19)7-21(10-22)16-5-3-13(26-16)9-25-28-24-8-11-6-12(18)2-4-15(11)27-28/h2,4,6-7,10,13,16H,3,5,8-9H2,1H3,(H,20,23)/b14-7+. The van der Waals surface area contributed by atoms with Gasteiger partial charge in [0.25, 0.3) is 5.91 Å². The molecule has 0 aliphatic carbocycles. The number of rotatable bonds is 7. The minimum Gasteiger partial charge on any atom is -0.426 e. The van der Waals surface area contributed by atoms with Gasteiger partial charge in [0, 0.05) is 17.6 Å². The topological polar surface area (TPSA) is 86.3 Å². The van der Waals surface area contributed by atoms with Crippen molar-refractivity contribution in [1.82, 2.24) is 10.2 Å². The summed E-state index contributed by atoms with van der Waals surface area (Å²) in [5.41, 5.74) is 0.846. The third-order valence-corrected chi connectivity index (χ3v) is 5.41. The summed E-state index contributed by atoms with van der Waals surface area (Å²) in [6.45, 7) is 0.525. The van der Waals surface area contributed by atoms with Crippen molar-refractivity contribution in [3.63, 3.8) is 0 Å². The average Bonchev–Trinajstić information content (AvgIpc) is 3.18. The van der Waals surface area contributed by atoms with Crippen LogP contribution in [0.5, 0.6) is 5.75 Å². The molecule has 2 amide bonds. The van der Waals surface area contributed by atoms with Crippen molar-refractivity contribution >= 4 is 32.5 Å². The fourth-order valence-corrected chi connectivity index (χ4v) is 3.95. The maximum absolute atomic E-state index is 13.7. The number of hydrogen-bond acceptors (Lipinski definition) is 6. The molecule has 0 saturated carbocycles. The zero-order chi connectivity index (χ0) is 20.1. The average molecular weight is 433 g/mol. The van der Waals surface area contributed by atoms with E-state index in [0.29, 0.717) is 36.6 Å². The third kappa shape index (κ3) is 5.18. The first-order valence-corrected chi connectivity index (χ1v) is 9.97. The summed E-state index contributed by atoms with van der Waals surface area (Å²) in [5, 5.41) is 2.74. The Morgan fingerprint density at radius 3 is 3.07 bits per heavy atom. The van der Waals surface area contributed by atoms with Gasteiger partial charge in [-0.1, -0.05) is 11.6 Å². The molecule has 1 fully saturated rings. The number of amides is 2. The smallest absolute Gasteiger partial charge is 0.397 e. The SMILES string of the molecule is CNC(=O)/C(F)=C\N(C=O)C1CCC(COP2OCc3cc(Cl)ccc3O2)O1. The van der Waals surface area contributed by atoms with Crippen LogP contribution < -0.4 is 9.84 Å². The quantitative estimate of drug-likeness (QED) is 0.405. The Labute approximate surface area is 167 Å². The van der Waals surface area contributed by atoms with E-state index < -0.39 is 26.6 Å². The molecule has 1 saturated heterocycles. The third-order valence-electron chi connectivity index (χ3n) is 4.13. The lowest BCUT2D eigenvalue weighted by atomic mass is 10.2. The second-order valence-electron chi connectivity index (χ2n) is 6.04. The predicted octanol–water partition coefficient (Wildman–Crippen LogP) is 3.01. The molecule has 2 aliphatic rings. The predicted molar refractivity (Wildman–Crippen MR) is 98.8 cm³/mol. The lowest BCUT2D eigenvalue weighted by molar-refractivity contribution is -0.127. The van der Waals surface area contributed by atoms with E-state index in [-0.39, 0.29) is 12.7 Å². The molecule has 28 heavy (non-hydrogen) atoms. The van der Waals surface area contributed by atoms with Crippen LogP contribution in [0.3, 0.4) is 0 Å². The van der Waals surface area contributed by atoms with Gasteiger partial charge in [-0.25, -0.2) is 0 Å². The number of carbonyl (C=O) groups excluding carboxylic acids is 2. The number of likely N-dealkylation sites (N-methyl/N-ethyl adjacent to an activating group) is 1. The van der Waals surface area contributed by atoms with Gasteiger partial charge in [-0.2, -0.15) is 4.39 Å². The maximum Gasteiger partial charge on any atom is 0.397 e. The molecule has 0 radical (unpaired) electrons. The summed E-state index contributed by atoms with van der Waals surface area (Å²) < 4.78 is 36.2. The highest BCUT2D eigenvalue weighted by atomic mass is 35.5. The second kappa shape index (κ2) is 9.62. The van der Waals surface area contributed by atoms with E-state index in [1.165, 1.54) is 7.05 Å². The van der Waals surface area contributed by atoms with Crippen LogP contribution in [0.15, 0.2) is 30.2 Å². The fraction of sp³-hybridized carbons (Fsp3) is 0.412. The van der Waals surface area contributed by atoms with Crippen molar-refractivity contribution < 1.29 is 32.3 Å². The summed E-state index contributed by atoms with van der Waals surface area (Å²) in [6, 6.07) is 5.26. The maximum atomic E-state index is 13.7. The molecule has 3 rings (SSSR count). The molecule has 1 aromatic carbocycles. The van der Waals surface area contributed by atoms with Gasteiger partial charge in [-0.15, -0.1) is 0 Å². The van der Waals surface area contributed by atoms with Crippen LogP contribution in [0.25, 0.3) is 0 Å². The Hall–Kier alpha value is -1.77. The highest BCUT2D eigenvalue weighted by molar-refractivity contribution is 7.42. The molecular weight excluding hydrogens is 414 g/mol. The van der Waals surface area contributed by atoms with Crippen LogP contribution in [0.4, 0.5) is 4.39 Å². The lowest BCUT2D eigenvalue weighted by Crippen LogP contribution is -2.32. The highest BCUT2D eigenvalue weighted by Crippen LogP contribution is 2.48. The zero-order valence-electron chi connectivity index (χ0n) is 15.0. The second-order valence-corrected chi connectivity index (χ2v) is 7.62. The number of ether oxygens (including phenoxy) is 1. The minimum absolute atomic E-state index is 0.194. The van der Waals surface area contributed by atoms with Gasteiger partial charge in [0.05, 0.1) is 25.5 Å². The molecule has 2 aliphatic heterocycles. The van der Waals surface area contributed by atoms with Crippen LogP contribution in [0.2, 0.25) is 5.02 Å². The number of hydrogen-bond donors (Lipinski definition) is 1. The van der Waals surface area contributed by atoms with Crippen molar-refractivity contribution in [3.8, 4) is 5.75 Å². The molecule has 0 spiro atoms. The van der Waals surface area contributed by atoms with Crippen molar-refractivity contribution in [3.05, 3.63) is 40.8 Å². The van der Waals surface area contributed by atoms with Crippen molar-refractivity contribution in [2.75, 3.05) is 13.7 Å². The van der Waals surface area contributed by atoms with Gasteiger partial charge in [0.2, 0.25) is 12.2 Å². The van der Waals surface area contributed by atoms with Crippen LogP contribution in [0, 0.1) is 0 Å². The Morgan fingerprint density at radius 1 is 1.50 bits per heavy atom. The molecule has 3 unspecified atom stereocenters. The molecule has 2 heterocycles.